The van der Waals surface area contributed by atoms with E-state index in [-0.39, 0.29) is 25.3 Å². The fourth-order valence-electron chi connectivity index (χ4n) is 1.72. The molecule has 0 heterocycles. The van der Waals surface area contributed by atoms with E-state index >= 15 is 0 Å². The molecule has 0 aliphatic carbocycles. The lowest BCUT2D eigenvalue weighted by atomic mass is 10.2. The molecule has 0 saturated heterocycles. The second-order valence-corrected chi connectivity index (χ2v) is 5.16. The minimum Gasteiger partial charge on any atom is -0.449 e. The molecule has 0 saturated carbocycles. The van der Waals surface area contributed by atoms with Gasteiger partial charge in [-0.25, -0.2) is 4.79 Å². The van der Waals surface area contributed by atoms with Crippen molar-refractivity contribution in [3.8, 4) is 6.07 Å². The normalized spacial score (nSPS) is 10.7. The number of carbonyl (C=O) groups is 2. The average Bonchev–Trinajstić information content (AvgIpc) is 2.55. The van der Waals surface area contributed by atoms with Gasteiger partial charge in [-0.05, 0) is 31.5 Å². The molecule has 0 spiro atoms. The van der Waals surface area contributed by atoms with Crippen molar-refractivity contribution in [1.82, 2.24) is 4.90 Å². The van der Waals surface area contributed by atoms with Crippen LogP contribution in [0.1, 0.15) is 12.5 Å². The first-order valence-corrected chi connectivity index (χ1v) is 7.63. The first-order chi connectivity index (χ1) is 11.4. The monoisotopic (exact) mass is 350 g/mol. The van der Waals surface area contributed by atoms with Crippen LogP contribution in [0.15, 0.2) is 30.0 Å². The number of nitrogens with two attached hydrogens (primary N) is 1. The van der Waals surface area contributed by atoms with Gasteiger partial charge in [-0.3, -0.25) is 9.69 Å². The number of aryl methyl sites for hydroxylation is 1. The Kier molecular flexibility index (Phi) is 7.75. The van der Waals surface area contributed by atoms with E-state index < -0.39 is 12.0 Å². The molecule has 8 heteroatoms. The lowest BCUT2D eigenvalue weighted by Gasteiger charge is -2.17. The number of nitrogens with one attached hydrogen (secondary N) is 1. The Bertz CT molecular complexity index is 682. The maximum atomic E-state index is 12.2. The maximum Gasteiger partial charge on any atom is 0.413 e. The molecule has 0 radical (unpaired) electrons. The van der Waals surface area contributed by atoms with Crippen LogP contribution in [0, 0.1) is 18.3 Å². The summed E-state index contributed by atoms with van der Waals surface area (Å²) in [6.45, 7) is 3.93. The number of nitriles is 1. The van der Waals surface area contributed by atoms with Crippen LogP contribution < -0.4 is 11.1 Å². The smallest absolute Gasteiger partial charge is 0.413 e. The highest BCUT2D eigenvalue weighted by atomic mass is 35.5. The van der Waals surface area contributed by atoms with Gasteiger partial charge in [0.15, 0.2) is 0 Å². The second kappa shape index (κ2) is 9.55. The number of hydrogen-bond donors (Lipinski definition) is 2. The second-order valence-electron chi connectivity index (χ2n) is 4.75. The van der Waals surface area contributed by atoms with Gasteiger partial charge in [0.1, 0.15) is 11.6 Å². The van der Waals surface area contributed by atoms with Gasteiger partial charge < -0.3 is 15.8 Å². The lowest BCUT2D eigenvalue weighted by Crippen LogP contribution is -2.32. The third kappa shape index (κ3) is 5.57. The first kappa shape index (κ1) is 19.5. The Labute approximate surface area is 145 Å². The van der Waals surface area contributed by atoms with E-state index in [1.807, 2.05) is 6.92 Å². The van der Waals surface area contributed by atoms with Crippen LogP contribution in [0.5, 0.6) is 0 Å². The molecule has 0 fully saturated rings. The van der Waals surface area contributed by atoms with E-state index in [1.54, 1.807) is 31.2 Å². The average molecular weight is 351 g/mol. The molecule has 128 valence electrons. The summed E-state index contributed by atoms with van der Waals surface area (Å²) < 4.78 is 4.86. The first-order valence-electron chi connectivity index (χ1n) is 7.25. The third-order valence-corrected chi connectivity index (χ3v) is 3.36. The standard InChI is InChI=1S/C16H19ClN4O3/c1-3-24-16(23)21(7-6-18)10-12(9-19)15(22)20-13-5-4-11(2)14(17)8-13/h4-5,8,10H,3,6-7,18H2,1-2H3,(H,20,22)/b12-10-. The summed E-state index contributed by atoms with van der Waals surface area (Å²) in [5, 5.41) is 12.2. The maximum absolute atomic E-state index is 12.2. The summed E-state index contributed by atoms with van der Waals surface area (Å²) in [6, 6.07) is 6.74. The zero-order valence-electron chi connectivity index (χ0n) is 13.5. The van der Waals surface area contributed by atoms with E-state index in [4.69, 9.17) is 22.1 Å². The van der Waals surface area contributed by atoms with Crippen molar-refractivity contribution < 1.29 is 14.3 Å². The van der Waals surface area contributed by atoms with Crippen molar-refractivity contribution in [3.63, 3.8) is 0 Å². The van der Waals surface area contributed by atoms with Gasteiger partial charge in [0.25, 0.3) is 5.91 Å². The number of benzene rings is 1. The topological polar surface area (TPSA) is 108 Å². The largest absolute Gasteiger partial charge is 0.449 e. The van der Waals surface area contributed by atoms with Gasteiger partial charge in [-0.2, -0.15) is 5.26 Å². The quantitative estimate of drug-likeness (QED) is 0.605. The molecule has 0 atom stereocenters. The predicted octanol–water partition coefficient (Wildman–Crippen LogP) is 2.41. The number of hydrogen-bond acceptors (Lipinski definition) is 5. The Morgan fingerprint density at radius 2 is 2.21 bits per heavy atom. The van der Waals surface area contributed by atoms with Crippen LogP contribution in [-0.4, -0.2) is 36.6 Å². The zero-order chi connectivity index (χ0) is 18.1. The highest BCUT2D eigenvalue weighted by Crippen LogP contribution is 2.20. The molecular weight excluding hydrogens is 332 g/mol. The van der Waals surface area contributed by atoms with Crippen LogP contribution in [0.4, 0.5) is 10.5 Å². The highest BCUT2D eigenvalue weighted by molar-refractivity contribution is 6.31. The summed E-state index contributed by atoms with van der Waals surface area (Å²) in [5.74, 6) is -0.663. The highest BCUT2D eigenvalue weighted by Gasteiger charge is 2.16. The Balaban J connectivity index is 2.96. The molecule has 3 N–H and O–H groups in total. The number of anilines is 1. The van der Waals surface area contributed by atoms with E-state index in [9.17, 15) is 14.9 Å². The van der Waals surface area contributed by atoms with Gasteiger partial charge in [-0.15, -0.1) is 0 Å². The SMILES string of the molecule is CCOC(=O)N(/C=C(/C#N)C(=O)Nc1ccc(C)c(Cl)c1)CCN. The summed E-state index contributed by atoms with van der Waals surface area (Å²) in [7, 11) is 0. The van der Waals surface area contributed by atoms with E-state index in [1.165, 1.54) is 0 Å². The van der Waals surface area contributed by atoms with Gasteiger partial charge >= 0.3 is 6.09 Å². The fraction of sp³-hybridized carbons (Fsp3) is 0.312. The predicted molar refractivity (Wildman–Crippen MR) is 91.3 cm³/mol. The molecule has 1 aromatic carbocycles. The van der Waals surface area contributed by atoms with Crippen LogP contribution in [0.2, 0.25) is 5.02 Å². The van der Waals surface area contributed by atoms with Gasteiger partial charge in [0.2, 0.25) is 0 Å². The minimum absolute atomic E-state index is 0.119. The number of halogens is 1. The summed E-state index contributed by atoms with van der Waals surface area (Å²) in [4.78, 5) is 25.1. The number of ether oxygens (including phenoxy) is 1. The number of rotatable bonds is 6. The Morgan fingerprint density at radius 3 is 2.75 bits per heavy atom. The zero-order valence-corrected chi connectivity index (χ0v) is 14.3. The van der Waals surface area contributed by atoms with Crippen molar-refractivity contribution in [2.24, 2.45) is 5.73 Å². The van der Waals surface area contributed by atoms with Crippen LogP contribution in [-0.2, 0) is 9.53 Å². The van der Waals surface area contributed by atoms with E-state index in [2.05, 4.69) is 5.32 Å². The van der Waals surface area contributed by atoms with Crippen molar-refractivity contribution >= 4 is 29.3 Å². The van der Waals surface area contributed by atoms with Crippen LogP contribution in [0.3, 0.4) is 0 Å². The molecule has 0 unspecified atom stereocenters. The molecule has 2 amide bonds. The molecule has 0 aromatic heterocycles. The minimum atomic E-state index is -0.679. The number of amides is 2. The van der Waals surface area contributed by atoms with Crippen LogP contribution >= 0.6 is 11.6 Å². The van der Waals surface area contributed by atoms with Crippen molar-refractivity contribution in [3.05, 3.63) is 40.6 Å². The molecule has 0 aliphatic heterocycles. The molecule has 1 rings (SSSR count). The van der Waals surface area contributed by atoms with Crippen LogP contribution in [0.25, 0.3) is 0 Å². The molecule has 24 heavy (non-hydrogen) atoms. The number of carbonyl (C=O) groups excluding carboxylic acids is 2. The van der Waals surface area contributed by atoms with E-state index in [0.717, 1.165) is 16.7 Å². The molecular formula is C16H19ClN4O3. The van der Waals surface area contributed by atoms with Gasteiger partial charge in [0.05, 0.1) is 6.61 Å². The molecule has 1 aromatic rings. The van der Waals surface area contributed by atoms with Gasteiger partial charge in [-0.1, -0.05) is 17.7 Å². The van der Waals surface area contributed by atoms with Gasteiger partial charge in [0, 0.05) is 30.0 Å². The Morgan fingerprint density at radius 1 is 1.50 bits per heavy atom. The lowest BCUT2D eigenvalue weighted by molar-refractivity contribution is -0.112. The van der Waals surface area contributed by atoms with Crippen molar-refractivity contribution in [2.75, 3.05) is 25.0 Å². The number of nitrogens with zero attached hydrogens (tertiary/aromatic N) is 2. The summed E-state index contributed by atoms with van der Waals surface area (Å²) in [6.07, 6.45) is 0.442. The summed E-state index contributed by atoms with van der Waals surface area (Å²) in [5.41, 5.74) is 6.48. The summed E-state index contributed by atoms with van der Waals surface area (Å²) >= 11 is 6.00. The fourth-order valence-corrected chi connectivity index (χ4v) is 1.90. The van der Waals surface area contributed by atoms with E-state index in [0.29, 0.717) is 10.7 Å². The van der Waals surface area contributed by atoms with Crippen molar-refractivity contribution in [1.29, 1.82) is 5.26 Å². The molecule has 0 bridgehead atoms. The van der Waals surface area contributed by atoms with Crippen molar-refractivity contribution in [2.45, 2.75) is 13.8 Å². The third-order valence-electron chi connectivity index (χ3n) is 2.95. The molecule has 7 nitrogen and oxygen atoms in total. The Hall–Kier alpha value is -2.56. The molecule has 0 aliphatic rings.